The summed E-state index contributed by atoms with van der Waals surface area (Å²) in [5.41, 5.74) is 2.43. The van der Waals surface area contributed by atoms with Crippen LogP contribution in [0.2, 0.25) is 0 Å². The maximum Gasteiger partial charge on any atom is 0.191 e. The summed E-state index contributed by atoms with van der Waals surface area (Å²) in [6, 6.07) is 15.0. The number of nitrogens with zero attached hydrogens (tertiary/aromatic N) is 4. The molecule has 1 atom stereocenters. The van der Waals surface area contributed by atoms with Gasteiger partial charge in [-0.3, -0.25) is 4.99 Å². The summed E-state index contributed by atoms with van der Waals surface area (Å²) in [4.78, 5) is 13.3. The Kier molecular flexibility index (Phi) is 8.15. The van der Waals surface area contributed by atoms with Gasteiger partial charge in [0.15, 0.2) is 5.96 Å². The van der Waals surface area contributed by atoms with E-state index in [9.17, 15) is 0 Å². The van der Waals surface area contributed by atoms with Crippen LogP contribution in [0, 0.1) is 0 Å². The van der Waals surface area contributed by atoms with Crippen molar-refractivity contribution in [3.63, 3.8) is 0 Å². The van der Waals surface area contributed by atoms with Crippen LogP contribution in [-0.4, -0.2) is 51.2 Å². The van der Waals surface area contributed by atoms with Crippen molar-refractivity contribution in [1.29, 1.82) is 0 Å². The summed E-state index contributed by atoms with van der Waals surface area (Å²) in [5.74, 6) is 1.81. The van der Waals surface area contributed by atoms with Crippen molar-refractivity contribution in [3.8, 4) is 0 Å². The average molecular weight is 480 g/mol. The normalized spacial score (nSPS) is 16.6. The first-order valence-electron chi connectivity index (χ1n) is 9.06. The van der Waals surface area contributed by atoms with Gasteiger partial charge in [0.05, 0.1) is 0 Å². The number of hydrogen-bond acceptors (Lipinski definition) is 4. The van der Waals surface area contributed by atoms with E-state index >= 15 is 0 Å². The zero-order valence-electron chi connectivity index (χ0n) is 16.2. The second-order valence-electron chi connectivity index (χ2n) is 6.72. The molecule has 0 aliphatic carbocycles. The molecule has 2 aromatic rings. The van der Waals surface area contributed by atoms with Crippen molar-refractivity contribution >= 4 is 41.4 Å². The first-order chi connectivity index (χ1) is 12.7. The van der Waals surface area contributed by atoms with Crippen LogP contribution in [0.15, 0.2) is 53.7 Å². The molecule has 3 rings (SSSR count). The first-order valence-corrected chi connectivity index (χ1v) is 9.06. The molecule has 1 aromatic carbocycles. The monoisotopic (exact) mass is 480 g/mol. The molecule has 1 aliphatic rings. The van der Waals surface area contributed by atoms with Crippen LogP contribution in [0.3, 0.4) is 0 Å². The minimum Gasteiger partial charge on any atom is -0.369 e. The third-order valence-corrected chi connectivity index (χ3v) is 4.61. The number of para-hydroxylation sites is 1. The predicted octanol–water partition coefficient (Wildman–Crippen LogP) is 2.71. The summed E-state index contributed by atoms with van der Waals surface area (Å²) >= 11 is 0. The molecule has 0 bridgehead atoms. The number of aromatic nitrogens is 1. The zero-order valence-corrected chi connectivity index (χ0v) is 18.6. The van der Waals surface area contributed by atoms with Gasteiger partial charge in [0.2, 0.25) is 0 Å². The summed E-state index contributed by atoms with van der Waals surface area (Å²) in [7, 11) is 5.83. The molecule has 6 nitrogen and oxygen atoms in total. The topological polar surface area (TPSA) is 55.8 Å². The minimum absolute atomic E-state index is 0. The molecule has 0 spiro atoms. The molecule has 1 unspecified atom stereocenters. The highest BCUT2D eigenvalue weighted by molar-refractivity contribution is 14.0. The highest BCUT2D eigenvalue weighted by atomic mass is 127. The molecule has 2 heterocycles. The number of nitrogens with one attached hydrogen (secondary N) is 2. The van der Waals surface area contributed by atoms with Crippen LogP contribution in [0.25, 0.3) is 0 Å². The standard InChI is InChI=1S/C20H28N6.HI/c1-21-20(23-14-16-8-7-12-22-19(16)25(2)3)24-17-11-13-26(15-17)18-9-5-4-6-10-18;/h4-10,12,17H,11,13-15H2,1-3H3,(H2,21,23,24);1H. The smallest absolute Gasteiger partial charge is 0.191 e. The number of aliphatic imine (C=N–C) groups is 1. The second kappa shape index (κ2) is 10.3. The van der Waals surface area contributed by atoms with Crippen molar-refractivity contribution in [1.82, 2.24) is 15.6 Å². The summed E-state index contributed by atoms with van der Waals surface area (Å²) in [6.07, 6.45) is 2.92. The van der Waals surface area contributed by atoms with E-state index in [1.807, 2.05) is 38.3 Å². The Morgan fingerprint density at radius 2 is 2.00 bits per heavy atom. The quantitative estimate of drug-likeness (QED) is 0.392. The van der Waals surface area contributed by atoms with Crippen LogP contribution in [0.1, 0.15) is 12.0 Å². The molecule has 0 amide bonds. The van der Waals surface area contributed by atoms with Gasteiger partial charge in [-0.1, -0.05) is 24.3 Å². The number of anilines is 2. The lowest BCUT2D eigenvalue weighted by molar-refractivity contribution is 0.648. The Morgan fingerprint density at radius 3 is 2.70 bits per heavy atom. The first kappa shape index (κ1) is 21.3. The molecule has 1 aliphatic heterocycles. The summed E-state index contributed by atoms with van der Waals surface area (Å²) < 4.78 is 0. The Morgan fingerprint density at radius 1 is 1.22 bits per heavy atom. The minimum atomic E-state index is 0. The van der Waals surface area contributed by atoms with E-state index in [1.165, 1.54) is 5.69 Å². The molecule has 0 saturated carbocycles. The lowest BCUT2D eigenvalue weighted by Gasteiger charge is -2.21. The number of benzene rings is 1. The number of rotatable bonds is 5. The molecule has 146 valence electrons. The van der Waals surface area contributed by atoms with Crippen molar-refractivity contribution in [2.24, 2.45) is 4.99 Å². The van der Waals surface area contributed by atoms with Crippen LogP contribution in [0.4, 0.5) is 11.5 Å². The van der Waals surface area contributed by atoms with E-state index in [1.54, 1.807) is 0 Å². The Bertz CT molecular complexity index is 734. The Hall–Kier alpha value is -2.03. The van der Waals surface area contributed by atoms with Crippen molar-refractivity contribution < 1.29 is 0 Å². The summed E-state index contributed by atoms with van der Waals surface area (Å²) in [6.45, 7) is 2.74. The lowest BCUT2D eigenvalue weighted by Crippen LogP contribution is -2.44. The molecule has 1 fully saturated rings. The van der Waals surface area contributed by atoms with Gasteiger partial charge in [0.1, 0.15) is 5.82 Å². The number of guanidine groups is 1. The van der Waals surface area contributed by atoms with Gasteiger partial charge in [0, 0.05) is 64.3 Å². The molecule has 0 radical (unpaired) electrons. The van der Waals surface area contributed by atoms with Crippen LogP contribution in [-0.2, 0) is 6.54 Å². The van der Waals surface area contributed by atoms with Crippen molar-refractivity contribution in [2.45, 2.75) is 19.0 Å². The van der Waals surface area contributed by atoms with E-state index < -0.39 is 0 Å². The van der Waals surface area contributed by atoms with Gasteiger partial charge in [-0.25, -0.2) is 4.98 Å². The van der Waals surface area contributed by atoms with Gasteiger partial charge < -0.3 is 20.4 Å². The second-order valence-corrected chi connectivity index (χ2v) is 6.72. The fraction of sp³-hybridized carbons (Fsp3) is 0.400. The number of pyridine rings is 1. The molecule has 7 heteroatoms. The fourth-order valence-electron chi connectivity index (χ4n) is 3.29. The third-order valence-electron chi connectivity index (χ3n) is 4.61. The van der Waals surface area contributed by atoms with Crippen LogP contribution < -0.4 is 20.4 Å². The molecular formula is C20H29IN6. The zero-order chi connectivity index (χ0) is 18.4. The highest BCUT2D eigenvalue weighted by Gasteiger charge is 2.23. The Labute approximate surface area is 179 Å². The predicted molar refractivity (Wildman–Crippen MR) is 124 cm³/mol. The van der Waals surface area contributed by atoms with E-state index in [0.717, 1.165) is 36.9 Å². The number of halogens is 1. The number of hydrogen-bond donors (Lipinski definition) is 2. The Balaban J connectivity index is 0.00000261. The highest BCUT2D eigenvalue weighted by Crippen LogP contribution is 2.19. The maximum atomic E-state index is 4.45. The van der Waals surface area contributed by atoms with E-state index in [-0.39, 0.29) is 24.0 Å². The van der Waals surface area contributed by atoms with Gasteiger partial charge in [-0.2, -0.15) is 0 Å². The van der Waals surface area contributed by atoms with Crippen LogP contribution >= 0.6 is 24.0 Å². The van der Waals surface area contributed by atoms with Gasteiger partial charge in [0.25, 0.3) is 0 Å². The fourth-order valence-corrected chi connectivity index (χ4v) is 3.29. The summed E-state index contributed by atoms with van der Waals surface area (Å²) in [5, 5.41) is 6.96. The largest absolute Gasteiger partial charge is 0.369 e. The third kappa shape index (κ3) is 5.72. The van der Waals surface area contributed by atoms with Gasteiger partial charge >= 0.3 is 0 Å². The molecule has 1 aromatic heterocycles. The van der Waals surface area contributed by atoms with Crippen molar-refractivity contribution in [3.05, 3.63) is 54.2 Å². The average Bonchev–Trinajstić information content (AvgIpc) is 3.14. The van der Waals surface area contributed by atoms with E-state index in [4.69, 9.17) is 0 Å². The molecule has 1 saturated heterocycles. The lowest BCUT2D eigenvalue weighted by atomic mass is 10.2. The van der Waals surface area contributed by atoms with Crippen LogP contribution in [0.5, 0.6) is 0 Å². The van der Waals surface area contributed by atoms with E-state index in [2.05, 4.69) is 61.9 Å². The SMILES string of the molecule is CN=C(NCc1cccnc1N(C)C)NC1CCN(c2ccccc2)C1.I. The molecule has 2 N–H and O–H groups in total. The maximum absolute atomic E-state index is 4.45. The molecular weight excluding hydrogens is 451 g/mol. The van der Waals surface area contributed by atoms with Crippen molar-refractivity contribution in [2.75, 3.05) is 44.0 Å². The molecule has 27 heavy (non-hydrogen) atoms. The van der Waals surface area contributed by atoms with Gasteiger partial charge in [-0.05, 0) is 24.6 Å². The van der Waals surface area contributed by atoms with E-state index in [0.29, 0.717) is 12.6 Å². The van der Waals surface area contributed by atoms with Gasteiger partial charge in [-0.15, -0.1) is 24.0 Å².